The highest BCUT2D eigenvalue weighted by Crippen LogP contribution is 2.24. The third-order valence-electron chi connectivity index (χ3n) is 4.19. The zero-order valence-corrected chi connectivity index (χ0v) is 17.0. The van der Waals surface area contributed by atoms with Crippen LogP contribution in [0.3, 0.4) is 0 Å². The molecule has 0 spiro atoms. The van der Waals surface area contributed by atoms with Crippen molar-refractivity contribution in [3.8, 4) is 0 Å². The van der Waals surface area contributed by atoms with Crippen LogP contribution in [0.1, 0.15) is 44.2 Å². The van der Waals surface area contributed by atoms with Crippen molar-refractivity contribution in [1.82, 2.24) is 25.0 Å². The molecule has 0 radical (unpaired) electrons. The zero-order chi connectivity index (χ0) is 19.2. The fourth-order valence-corrected chi connectivity index (χ4v) is 3.39. The average molecular weight is 386 g/mol. The van der Waals surface area contributed by atoms with E-state index >= 15 is 0 Å². The molecule has 0 aliphatic heterocycles. The van der Waals surface area contributed by atoms with E-state index in [9.17, 15) is 0 Å². The van der Waals surface area contributed by atoms with Gasteiger partial charge in [-0.3, -0.25) is 0 Å². The summed E-state index contributed by atoms with van der Waals surface area (Å²) >= 11 is 1.64. The first-order valence-corrected chi connectivity index (χ1v) is 10.4. The van der Waals surface area contributed by atoms with E-state index in [1.165, 1.54) is 11.1 Å². The molecule has 3 aromatic rings. The van der Waals surface area contributed by atoms with E-state index in [-0.39, 0.29) is 0 Å². The van der Waals surface area contributed by atoms with E-state index in [4.69, 9.17) is 10.7 Å². The summed E-state index contributed by atoms with van der Waals surface area (Å²) in [6.45, 7) is 8.32. The molecule has 3 rings (SSSR count). The van der Waals surface area contributed by atoms with Gasteiger partial charge in [0.1, 0.15) is 0 Å². The van der Waals surface area contributed by atoms with Crippen LogP contribution >= 0.6 is 11.8 Å². The Kier molecular flexibility index (Phi) is 6.63. The Hall–Kier alpha value is -2.19. The molecule has 0 aliphatic rings. The van der Waals surface area contributed by atoms with Gasteiger partial charge >= 0.3 is 0 Å². The number of benzene rings is 1. The molecule has 0 aliphatic carbocycles. The second-order valence-corrected chi connectivity index (χ2v) is 7.80. The Balaban J connectivity index is 1.92. The van der Waals surface area contributed by atoms with Crippen LogP contribution in [-0.4, -0.2) is 43.8 Å². The van der Waals surface area contributed by atoms with Crippen molar-refractivity contribution in [2.75, 3.05) is 24.2 Å². The summed E-state index contributed by atoms with van der Waals surface area (Å²) in [6, 6.07) is 8.63. The van der Waals surface area contributed by atoms with E-state index in [0.29, 0.717) is 36.9 Å². The highest BCUT2D eigenvalue weighted by molar-refractivity contribution is 7.99. The molecule has 27 heavy (non-hydrogen) atoms. The van der Waals surface area contributed by atoms with Crippen molar-refractivity contribution in [2.45, 2.75) is 44.8 Å². The largest absolute Gasteiger partial charge is 0.367 e. The van der Waals surface area contributed by atoms with Crippen molar-refractivity contribution in [3.63, 3.8) is 0 Å². The number of aromatic nitrogens is 5. The van der Waals surface area contributed by atoms with Crippen LogP contribution in [0.4, 0.5) is 5.82 Å². The Morgan fingerprint density at radius 2 is 1.96 bits per heavy atom. The van der Waals surface area contributed by atoms with E-state index in [1.807, 2.05) is 4.68 Å². The number of thioether (sulfide) groups is 1. The number of rotatable bonds is 9. The van der Waals surface area contributed by atoms with Gasteiger partial charge in [0.2, 0.25) is 0 Å². The van der Waals surface area contributed by atoms with Gasteiger partial charge in [-0.15, -0.1) is 5.10 Å². The lowest BCUT2D eigenvalue weighted by Crippen LogP contribution is -2.14. The fraction of sp³-hybridized carbons (Fsp3) is 0.474. The van der Waals surface area contributed by atoms with Gasteiger partial charge in [0, 0.05) is 18.8 Å². The van der Waals surface area contributed by atoms with Crippen LogP contribution in [0.25, 0.3) is 11.2 Å². The quantitative estimate of drug-likeness (QED) is 0.431. The maximum absolute atomic E-state index is 5.63. The Morgan fingerprint density at radius 1 is 1.19 bits per heavy atom. The number of hydrogen-bond acceptors (Lipinski definition) is 7. The summed E-state index contributed by atoms with van der Waals surface area (Å²) in [5.41, 5.74) is 9.56. The van der Waals surface area contributed by atoms with Gasteiger partial charge in [0.25, 0.3) is 0 Å². The minimum Gasteiger partial charge on any atom is -0.367 e. The van der Waals surface area contributed by atoms with Crippen LogP contribution in [0.2, 0.25) is 0 Å². The second-order valence-electron chi connectivity index (χ2n) is 6.73. The monoisotopic (exact) mass is 385 g/mol. The smallest absolute Gasteiger partial charge is 0.191 e. The Morgan fingerprint density at radius 3 is 2.63 bits per heavy atom. The predicted molar refractivity (Wildman–Crippen MR) is 111 cm³/mol. The van der Waals surface area contributed by atoms with Crippen LogP contribution in [0.5, 0.6) is 0 Å². The number of nitrogens with one attached hydrogen (secondary N) is 1. The minimum atomic E-state index is 0.522. The topological polar surface area (TPSA) is 94.5 Å². The molecule has 2 aromatic heterocycles. The number of nitrogens with zero attached hydrogens (tertiary/aromatic N) is 5. The first-order valence-electron chi connectivity index (χ1n) is 9.39. The average Bonchev–Trinajstić information content (AvgIpc) is 3.07. The highest BCUT2D eigenvalue weighted by Gasteiger charge is 2.15. The summed E-state index contributed by atoms with van der Waals surface area (Å²) < 4.78 is 1.84. The second kappa shape index (κ2) is 9.14. The van der Waals surface area contributed by atoms with Crippen LogP contribution in [0.15, 0.2) is 29.4 Å². The lowest BCUT2D eigenvalue weighted by Gasteiger charge is -2.09. The number of hydrogen-bond donors (Lipinski definition) is 2. The molecular weight excluding hydrogens is 358 g/mol. The summed E-state index contributed by atoms with van der Waals surface area (Å²) in [6.07, 6.45) is 1.07. The molecule has 7 nitrogen and oxygen atoms in total. The summed E-state index contributed by atoms with van der Waals surface area (Å²) in [4.78, 5) is 9.30. The van der Waals surface area contributed by atoms with Gasteiger partial charge < -0.3 is 11.1 Å². The molecule has 0 saturated carbocycles. The summed E-state index contributed by atoms with van der Waals surface area (Å²) in [7, 11) is 0. The molecule has 8 heteroatoms. The van der Waals surface area contributed by atoms with Gasteiger partial charge in [-0.1, -0.05) is 62.0 Å². The van der Waals surface area contributed by atoms with E-state index < -0.39 is 0 Å². The van der Waals surface area contributed by atoms with Crippen molar-refractivity contribution in [1.29, 1.82) is 0 Å². The molecule has 144 valence electrons. The molecule has 2 heterocycles. The van der Waals surface area contributed by atoms with Crippen LogP contribution in [0, 0.1) is 0 Å². The molecule has 1 aromatic carbocycles. The van der Waals surface area contributed by atoms with E-state index in [2.05, 4.69) is 65.6 Å². The van der Waals surface area contributed by atoms with E-state index in [0.717, 1.165) is 23.0 Å². The van der Waals surface area contributed by atoms with Crippen molar-refractivity contribution >= 4 is 28.7 Å². The normalized spacial score (nSPS) is 11.4. The molecule has 0 saturated heterocycles. The van der Waals surface area contributed by atoms with Gasteiger partial charge in [0.05, 0.1) is 6.54 Å². The molecular formula is C19H27N7S. The molecule has 0 unspecified atom stereocenters. The molecule has 3 N–H and O–H groups in total. The number of anilines is 1. The third kappa shape index (κ3) is 4.75. The van der Waals surface area contributed by atoms with Crippen LogP contribution in [-0.2, 0) is 6.54 Å². The molecule has 0 amide bonds. The third-order valence-corrected chi connectivity index (χ3v) is 5.25. The highest BCUT2D eigenvalue weighted by atomic mass is 32.2. The molecule has 0 fully saturated rings. The number of nitrogens with two attached hydrogens (primary N) is 1. The first-order chi connectivity index (χ1) is 13.1. The van der Waals surface area contributed by atoms with Gasteiger partial charge in [0.15, 0.2) is 22.1 Å². The first kappa shape index (κ1) is 19.6. The Labute approximate surface area is 164 Å². The maximum Gasteiger partial charge on any atom is 0.191 e. The minimum absolute atomic E-state index is 0.522. The maximum atomic E-state index is 5.63. The lowest BCUT2D eigenvalue weighted by atomic mass is 10.0. The van der Waals surface area contributed by atoms with Crippen molar-refractivity contribution in [2.24, 2.45) is 5.73 Å². The molecule has 0 atom stereocenters. The van der Waals surface area contributed by atoms with Gasteiger partial charge in [-0.05, 0) is 23.5 Å². The van der Waals surface area contributed by atoms with Crippen LogP contribution < -0.4 is 11.1 Å². The van der Waals surface area contributed by atoms with Gasteiger partial charge in [-0.25, -0.2) is 14.6 Å². The van der Waals surface area contributed by atoms with Crippen molar-refractivity contribution in [3.05, 3.63) is 35.4 Å². The van der Waals surface area contributed by atoms with Crippen molar-refractivity contribution < 1.29 is 0 Å². The number of fused-ring (bicyclic) bond motifs is 1. The lowest BCUT2D eigenvalue weighted by molar-refractivity contribution is 0.661. The Bertz CT molecular complexity index is 874. The standard InChI is InChI=1S/C19H27N7S/c1-4-11-27-19-22-17(21-10-9-20)16-18(23-19)26(25-24-16)12-14-5-7-15(8-6-14)13(2)3/h5-8,13H,4,9-12,20H2,1-3H3,(H,21,22,23). The SMILES string of the molecule is CCCSc1nc(NCCN)c2nnn(Cc3ccc(C(C)C)cc3)c2n1. The summed E-state index contributed by atoms with van der Waals surface area (Å²) in [5.74, 6) is 2.19. The summed E-state index contributed by atoms with van der Waals surface area (Å²) in [5, 5.41) is 12.6. The van der Waals surface area contributed by atoms with E-state index in [1.54, 1.807) is 11.8 Å². The zero-order valence-electron chi connectivity index (χ0n) is 16.1. The molecule has 0 bridgehead atoms. The fourth-order valence-electron chi connectivity index (χ4n) is 2.70. The predicted octanol–water partition coefficient (Wildman–Crippen LogP) is 3.27. The van der Waals surface area contributed by atoms with Gasteiger partial charge in [-0.2, -0.15) is 0 Å².